The Balaban J connectivity index is 1.55. The number of aryl methyl sites for hydroxylation is 1. The normalized spacial score (nSPS) is 11.6. The van der Waals surface area contributed by atoms with E-state index in [9.17, 15) is 14.0 Å². The maximum Gasteiger partial charge on any atom is 0.255 e. The number of hydrogen-bond acceptors (Lipinski definition) is 4. The smallest absolute Gasteiger partial charge is 0.255 e. The Bertz CT molecular complexity index is 1050. The van der Waals surface area contributed by atoms with Gasteiger partial charge in [-0.15, -0.1) is 0 Å². The molecule has 1 unspecified atom stereocenters. The predicted molar refractivity (Wildman–Crippen MR) is 119 cm³/mol. The number of imidazole rings is 1. The second-order valence-corrected chi connectivity index (χ2v) is 7.24. The van der Waals surface area contributed by atoms with Crippen molar-refractivity contribution in [2.75, 3.05) is 13.2 Å². The van der Waals surface area contributed by atoms with Gasteiger partial charge in [0, 0.05) is 32.4 Å². The average Bonchev–Trinajstić information content (AvgIpc) is 3.22. The number of hydrogen-bond donors (Lipinski definition) is 2. The van der Waals surface area contributed by atoms with Crippen molar-refractivity contribution in [1.82, 2.24) is 20.2 Å². The molecule has 3 rings (SSSR count). The van der Waals surface area contributed by atoms with E-state index < -0.39 is 6.04 Å². The number of ether oxygens (including phenoxy) is 1. The van der Waals surface area contributed by atoms with Gasteiger partial charge in [-0.1, -0.05) is 24.3 Å². The Morgan fingerprint density at radius 3 is 2.59 bits per heavy atom. The fourth-order valence-corrected chi connectivity index (χ4v) is 3.32. The number of carbonyl (C=O) groups excluding carboxylic acids is 2. The van der Waals surface area contributed by atoms with Gasteiger partial charge in [-0.2, -0.15) is 0 Å². The van der Waals surface area contributed by atoms with E-state index in [0.29, 0.717) is 36.7 Å². The molecule has 8 heteroatoms. The molecule has 0 aliphatic heterocycles. The molecule has 0 spiro atoms. The largest absolute Gasteiger partial charge is 0.493 e. The van der Waals surface area contributed by atoms with Gasteiger partial charge in [0.1, 0.15) is 23.4 Å². The Hall–Kier alpha value is -3.68. The van der Waals surface area contributed by atoms with Crippen LogP contribution in [0.4, 0.5) is 4.39 Å². The lowest BCUT2D eigenvalue weighted by molar-refractivity contribution is -0.121. The fraction of sp³-hybridized carbons (Fsp3) is 0.292. The van der Waals surface area contributed by atoms with Gasteiger partial charge in [0.2, 0.25) is 5.91 Å². The van der Waals surface area contributed by atoms with Crippen molar-refractivity contribution in [2.45, 2.75) is 25.8 Å². The SMILES string of the molecule is CCOc1ccccc1C(=O)NCCCC(=O)NC(c1ccc(F)cc1)c1nccn1C. The molecule has 3 aromatic rings. The van der Waals surface area contributed by atoms with Crippen LogP contribution in [0.5, 0.6) is 5.75 Å². The summed E-state index contributed by atoms with van der Waals surface area (Å²) in [6.07, 6.45) is 4.11. The Kier molecular flexibility index (Phi) is 7.96. The summed E-state index contributed by atoms with van der Waals surface area (Å²) < 4.78 is 20.6. The van der Waals surface area contributed by atoms with Gasteiger partial charge in [0.15, 0.2) is 0 Å². The number of nitrogens with zero attached hydrogens (tertiary/aromatic N) is 2. The third-order valence-corrected chi connectivity index (χ3v) is 4.92. The van der Waals surface area contributed by atoms with E-state index in [0.717, 1.165) is 5.56 Å². The van der Waals surface area contributed by atoms with Gasteiger partial charge < -0.3 is 19.9 Å². The van der Waals surface area contributed by atoms with Crippen molar-refractivity contribution in [1.29, 1.82) is 0 Å². The highest BCUT2D eigenvalue weighted by atomic mass is 19.1. The van der Waals surface area contributed by atoms with Crippen LogP contribution >= 0.6 is 0 Å². The Labute approximate surface area is 186 Å². The zero-order chi connectivity index (χ0) is 22.9. The van der Waals surface area contributed by atoms with Gasteiger partial charge in [0.05, 0.1) is 12.2 Å². The van der Waals surface area contributed by atoms with Crippen LogP contribution in [0.1, 0.15) is 47.6 Å². The minimum atomic E-state index is -0.504. The third kappa shape index (κ3) is 5.94. The zero-order valence-corrected chi connectivity index (χ0v) is 18.2. The number of para-hydroxylation sites is 1. The molecule has 1 heterocycles. The van der Waals surface area contributed by atoms with E-state index in [4.69, 9.17) is 4.74 Å². The van der Waals surface area contributed by atoms with E-state index in [1.54, 1.807) is 42.7 Å². The number of rotatable bonds is 10. The highest BCUT2D eigenvalue weighted by Gasteiger charge is 2.20. The minimum Gasteiger partial charge on any atom is -0.493 e. The highest BCUT2D eigenvalue weighted by Crippen LogP contribution is 2.21. The maximum absolute atomic E-state index is 13.3. The second-order valence-electron chi connectivity index (χ2n) is 7.24. The lowest BCUT2D eigenvalue weighted by atomic mass is 10.1. The molecule has 0 bridgehead atoms. The van der Waals surface area contributed by atoms with Crippen LogP contribution in [0.3, 0.4) is 0 Å². The van der Waals surface area contributed by atoms with Crippen molar-refractivity contribution >= 4 is 11.8 Å². The average molecular weight is 439 g/mol. The molecule has 2 amide bonds. The quantitative estimate of drug-likeness (QED) is 0.475. The number of aromatic nitrogens is 2. The summed E-state index contributed by atoms with van der Waals surface area (Å²) in [5.41, 5.74) is 1.19. The van der Waals surface area contributed by atoms with Crippen LogP contribution in [0, 0.1) is 5.82 Å². The summed E-state index contributed by atoms with van der Waals surface area (Å²) in [4.78, 5) is 29.4. The molecule has 0 aliphatic carbocycles. The van der Waals surface area contributed by atoms with Gasteiger partial charge in [0.25, 0.3) is 5.91 Å². The van der Waals surface area contributed by atoms with Crippen LogP contribution in [0.2, 0.25) is 0 Å². The molecule has 0 fully saturated rings. The number of nitrogens with one attached hydrogen (secondary N) is 2. The molecule has 0 radical (unpaired) electrons. The first kappa shape index (κ1) is 23.0. The zero-order valence-electron chi connectivity index (χ0n) is 18.2. The number of benzene rings is 2. The van der Waals surface area contributed by atoms with Gasteiger partial charge in [-0.3, -0.25) is 9.59 Å². The molecule has 2 aromatic carbocycles. The van der Waals surface area contributed by atoms with Crippen LogP contribution < -0.4 is 15.4 Å². The summed E-state index contributed by atoms with van der Waals surface area (Å²) in [6.45, 7) is 2.67. The van der Waals surface area contributed by atoms with E-state index in [1.165, 1.54) is 12.1 Å². The lowest BCUT2D eigenvalue weighted by Gasteiger charge is -2.19. The molecule has 0 aliphatic rings. The molecular formula is C24H27FN4O3. The first-order chi connectivity index (χ1) is 15.5. The van der Waals surface area contributed by atoms with Crippen LogP contribution in [0.15, 0.2) is 60.9 Å². The van der Waals surface area contributed by atoms with Crippen LogP contribution in [-0.4, -0.2) is 34.5 Å². The Morgan fingerprint density at radius 2 is 1.91 bits per heavy atom. The topological polar surface area (TPSA) is 85.2 Å². The van der Waals surface area contributed by atoms with Gasteiger partial charge >= 0.3 is 0 Å². The van der Waals surface area contributed by atoms with E-state index in [2.05, 4.69) is 15.6 Å². The number of halogens is 1. The molecular weight excluding hydrogens is 411 g/mol. The van der Waals surface area contributed by atoms with Crippen LogP contribution in [-0.2, 0) is 11.8 Å². The van der Waals surface area contributed by atoms with E-state index >= 15 is 0 Å². The molecule has 32 heavy (non-hydrogen) atoms. The van der Waals surface area contributed by atoms with Crippen LogP contribution in [0.25, 0.3) is 0 Å². The summed E-state index contributed by atoms with van der Waals surface area (Å²) in [7, 11) is 1.83. The summed E-state index contributed by atoms with van der Waals surface area (Å²) in [5.74, 6) is 0.395. The number of amides is 2. The van der Waals surface area contributed by atoms with E-state index in [-0.39, 0.29) is 24.1 Å². The first-order valence-corrected chi connectivity index (χ1v) is 10.5. The number of carbonyl (C=O) groups is 2. The second kappa shape index (κ2) is 11.1. The first-order valence-electron chi connectivity index (χ1n) is 10.5. The van der Waals surface area contributed by atoms with E-state index in [1.807, 2.05) is 24.6 Å². The summed E-state index contributed by atoms with van der Waals surface area (Å²) >= 11 is 0. The molecule has 168 valence electrons. The summed E-state index contributed by atoms with van der Waals surface area (Å²) in [6, 6.07) is 12.5. The standard InChI is InChI=1S/C24H27FN4O3/c1-3-32-20-8-5-4-7-19(20)24(31)27-14-6-9-21(30)28-22(23-26-15-16-29(23)2)17-10-12-18(25)13-11-17/h4-5,7-8,10-13,15-16,22H,3,6,9,14H2,1-2H3,(H,27,31)(H,28,30). The van der Waals surface area contributed by atoms with Crippen molar-refractivity contribution in [3.05, 3.63) is 83.7 Å². The van der Waals surface area contributed by atoms with Crippen molar-refractivity contribution in [3.63, 3.8) is 0 Å². The van der Waals surface area contributed by atoms with Crippen molar-refractivity contribution < 1.29 is 18.7 Å². The lowest BCUT2D eigenvalue weighted by Crippen LogP contribution is -2.32. The van der Waals surface area contributed by atoms with Crippen molar-refractivity contribution in [3.8, 4) is 5.75 Å². The minimum absolute atomic E-state index is 0.189. The summed E-state index contributed by atoms with van der Waals surface area (Å²) in [5, 5.41) is 5.79. The highest BCUT2D eigenvalue weighted by molar-refractivity contribution is 5.96. The fourth-order valence-electron chi connectivity index (χ4n) is 3.32. The van der Waals surface area contributed by atoms with Gasteiger partial charge in [-0.25, -0.2) is 9.37 Å². The molecule has 0 saturated carbocycles. The monoisotopic (exact) mass is 438 g/mol. The molecule has 2 N–H and O–H groups in total. The van der Waals surface area contributed by atoms with Gasteiger partial charge in [-0.05, 0) is 43.2 Å². The third-order valence-electron chi connectivity index (χ3n) is 4.92. The molecule has 0 saturated heterocycles. The maximum atomic E-state index is 13.3. The predicted octanol–water partition coefficient (Wildman–Crippen LogP) is 3.37. The Morgan fingerprint density at radius 1 is 1.16 bits per heavy atom. The molecule has 1 atom stereocenters. The molecule has 1 aromatic heterocycles. The molecule has 7 nitrogen and oxygen atoms in total. The van der Waals surface area contributed by atoms with Crippen molar-refractivity contribution in [2.24, 2.45) is 7.05 Å².